The normalized spacial score (nSPS) is 12.0. The second-order valence-corrected chi connectivity index (χ2v) is 11.5. The number of amides is 2. The zero-order chi connectivity index (χ0) is 28.6. The number of anilines is 1. The number of halogens is 3. The third-order valence-electron chi connectivity index (χ3n) is 6.10. The standard InChI is InChI=1S/C28H30Cl2FN3O4S/c1-3-4-16-32-28(36)20(2)33(18-21-10-8-9-13-26(21)31)27(35)19-34(22-14-15-24(29)25(30)17-22)39(37,38)23-11-6-5-7-12-23/h5-15,17,20H,3-4,16,18-19H2,1-2H3,(H,32,36)/t20-/m1/s1. The fourth-order valence-corrected chi connectivity index (χ4v) is 5.54. The summed E-state index contributed by atoms with van der Waals surface area (Å²) < 4.78 is 42.9. The molecule has 0 heterocycles. The molecule has 0 bridgehead atoms. The highest BCUT2D eigenvalue weighted by Gasteiger charge is 2.33. The van der Waals surface area contributed by atoms with Crippen LogP contribution in [-0.2, 0) is 26.2 Å². The minimum Gasteiger partial charge on any atom is -0.354 e. The molecule has 0 saturated heterocycles. The molecule has 0 fully saturated rings. The largest absolute Gasteiger partial charge is 0.354 e. The highest BCUT2D eigenvalue weighted by Crippen LogP contribution is 2.31. The van der Waals surface area contributed by atoms with Gasteiger partial charge in [0.25, 0.3) is 10.0 Å². The Morgan fingerprint density at radius 1 is 0.974 bits per heavy atom. The summed E-state index contributed by atoms with van der Waals surface area (Å²) >= 11 is 12.2. The van der Waals surface area contributed by atoms with Crippen LogP contribution in [0.2, 0.25) is 10.0 Å². The van der Waals surface area contributed by atoms with Crippen molar-refractivity contribution in [2.24, 2.45) is 0 Å². The zero-order valence-electron chi connectivity index (χ0n) is 21.6. The predicted octanol–water partition coefficient (Wildman–Crippen LogP) is 5.66. The van der Waals surface area contributed by atoms with E-state index in [-0.39, 0.29) is 32.7 Å². The first kappa shape index (κ1) is 30.4. The first-order chi connectivity index (χ1) is 18.6. The molecule has 208 valence electrons. The fourth-order valence-electron chi connectivity index (χ4n) is 3.82. The van der Waals surface area contributed by atoms with Crippen molar-refractivity contribution in [2.75, 3.05) is 17.4 Å². The third kappa shape index (κ3) is 7.71. The van der Waals surface area contributed by atoms with Gasteiger partial charge in [-0.1, -0.05) is 72.9 Å². The van der Waals surface area contributed by atoms with Gasteiger partial charge in [0, 0.05) is 18.7 Å². The molecular weight excluding hydrogens is 564 g/mol. The highest BCUT2D eigenvalue weighted by atomic mass is 35.5. The number of carbonyl (C=O) groups excluding carboxylic acids is 2. The van der Waals surface area contributed by atoms with E-state index in [0.717, 1.165) is 17.1 Å². The van der Waals surface area contributed by atoms with E-state index in [2.05, 4.69) is 5.32 Å². The maximum atomic E-state index is 14.6. The lowest BCUT2D eigenvalue weighted by Crippen LogP contribution is -2.51. The van der Waals surface area contributed by atoms with Crippen LogP contribution in [0.1, 0.15) is 32.3 Å². The van der Waals surface area contributed by atoms with E-state index < -0.39 is 40.2 Å². The number of unbranched alkanes of at least 4 members (excludes halogenated alkanes) is 1. The average Bonchev–Trinajstić information content (AvgIpc) is 2.92. The van der Waals surface area contributed by atoms with E-state index in [0.29, 0.717) is 6.54 Å². The molecule has 0 radical (unpaired) electrons. The number of hydrogen-bond acceptors (Lipinski definition) is 4. The summed E-state index contributed by atoms with van der Waals surface area (Å²) in [6, 6.07) is 16.7. The van der Waals surface area contributed by atoms with Gasteiger partial charge in [0.15, 0.2) is 0 Å². The van der Waals surface area contributed by atoms with Gasteiger partial charge in [-0.2, -0.15) is 0 Å². The number of rotatable bonds is 12. The maximum Gasteiger partial charge on any atom is 0.264 e. The van der Waals surface area contributed by atoms with Crippen molar-refractivity contribution in [3.63, 3.8) is 0 Å². The Morgan fingerprint density at radius 3 is 2.28 bits per heavy atom. The second-order valence-electron chi connectivity index (χ2n) is 8.86. The number of benzene rings is 3. The van der Waals surface area contributed by atoms with Crippen LogP contribution in [0.15, 0.2) is 77.7 Å². The van der Waals surface area contributed by atoms with Gasteiger partial charge in [-0.3, -0.25) is 13.9 Å². The quantitative estimate of drug-likeness (QED) is 0.274. The first-order valence-electron chi connectivity index (χ1n) is 12.4. The number of nitrogens with zero attached hydrogens (tertiary/aromatic N) is 2. The topological polar surface area (TPSA) is 86.8 Å². The molecule has 0 aliphatic carbocycles. The van der Waals surface area contributed by atoms with Crippen molar-refractivity contribution < 1.29 is 22.4 Å². The van der Waals surface area contributed by atoms with Gasteiger partial charge in [0.05, 0.1) is 20.6 Å². The lowest BCUT2D eigenvalue weighted by Gasteiger charge is -2.32. The Bertz CT molecular complexity index is 1410. The average molecular weight is 595 g/mol. The molecule has 39 heavy (non-hydrogen) atoms. The van der Waals surface area contributed by atoms with Crippen molar-refractivity contribution in [3.05, 3.63) is 94.2 Å². The Morgan fingerprint density at radius 2 is 1.64 bits per heavy atom. The van der Waals surface area contributed by atoms with E-state index in [1.807, 2.05) is 6.92 Å². The van der Waals surface area contributed by atoms with Crippen molar-refractivity contribution in [1.29, 1.82) is 0 Å². The lowest BCUT2D eigenvalue weighted by molar-refractivity contribution is -0.139. The Balaban J connectivity index is 2.02. The van der Waals surface area contributed by atoms with Crippen LogP contribution in [0.4, 0.5) is 10.1 Å². The van der Waals surface area contributed by atoms with Crippen molar-refractivity contribution in [2.45, 2.75) is 44.2 Å². The molecule has 0 aliphatic rings. The van der Waals surface area contributed by atoms with Crippen LogP contribution in [0.25, 0.3) is 0 Å². The molecule has 0 unspecified atom stereocenters. The van der Waals surface area contributed by atoms with Gasteiger partial charge < -0.3 is 10.2 Å². The van der Waals surface area contributed by atoms with E-state index >= 15 is 0 Å². The highest BCUT2D eigenvalue weighted by molar-refractivity contribution is 7.92. The van der Waals surface area contributed by atoms with Gasteiger partial charge in [-0.15, -0.1) is 0 Å². The van der Waals surface area contributed by atoms with E-state index in [1.165, 1.54) is 60.4 Å². The van der Waals surface area contributed by atoms with Gasteiger partial charge in [-0.05, 0) is 49.7 Å². The van der Waals surface area contributed by atoms with E-state index in [9.17, 15) is 22.4 Å². The van der Waals surface area contributed by atoms with Crippen LogP contribution in [0.3, 0.4) is 0 Å². The monoisotopic (exact) mass is 593 g/mol. The third-order valence-corrected chi connectivity index (χ3v) is 8.62. The minimum atomic E-state index is -4.25. The van der Waals surface area contributed by atoms with Crippen molar-refractivity contribution in [3.8, 4) is 0 Å². The smallest absolute Gasteiger partial charge is 0.264 e. The minimum absolute atomic E-state index is 0.0464. The fraction of sp³-hybridized carbons (Fsp3) is 0.286. The summed E-state index contributed by atoms with van der Waals surface area (Å²) in [5.74, 6) is -1.69. The summed E-state index contributed by atoms with van der Waals surface area (Å²) in [6.07, 6.45) is 1.61. The van der Waals surface area contributed by atoms with Gasteiger partial charge in [0.2, 0.25) is 11.8 Å². The molecule has 3 rings (SSSR count). The summed E-state index contributed by atoms with van der Waals surface area (Å²) in [5.41, 5.74) is 0.290. The molecule has 0 saturated carbocycles. The van der Waals surface area contributed by atoms with Crippen molar-refractivity contribution in [1.82, 2.24) is 10.2 Å². The van der Waals surface area contributed by atoms with Crippen LogP contribution in [-0.4, -0.2) is 44.3 Å². The molecule has 0 aliphatic heterocycles. The van der Waals surface area contributed by atoms with Crippen LogP contribution in [0.5, 0.6) is 0 Å². The molecule has 3 aromatic rings. The Labute approximate surface area is 238 Å². The molecule has 11 heteroatoms. The summed E-state index contributed by atoms with van der Waals surface area (Å²) in [5, 5.41) is 3.09. The summed E-state index contributed by atoms with van der Waals surface area (Å²) in [7, 11) is -4.25. The number of sulfonamides is 1. The maximum absolute atomic E-state index is 14.6. The molecule has 0 spiro atoms. The zero-order valence-corrected chi connectivity index (χ0v) is 23.9. The second kappa shape index (κ2) is 13.8. The Hall–Kier alpha value is -3.14. The summed E-state index contributed by atoms with van der Waals surface area (Å²) in [6.45, 7) is 3.01. The van der Waals surface area contributed by atoms with Crippen LogP contribution < -0.4 is 9.62 Å². The van der Waals surface area contributed by atoms with Crippen LogP contribution in [0, 0.1) is 5.82 Å². The molecular formula is C28H30Cl2FN3O4S. The predicted molar refractivity (Wildman–Crippen MR) is 152 cm³/mol. The van der Waals surface area contributed by atoms with Gasteiger partial charge in [0.1, 0.15) is 18.4 Å². The SMILES string of the molecule is CCCCNC(=O)[C@@H](C)N(Cc1ccccc1F)C(=O)CN(c1ccc(Cl)c(Cl)c1)S(=O)(=O)c1ccccc1. The molecule has 7 nitrogen and oxygen atoms in total. The molecule has 1 N–H and O–H groups in total. The first-order valence-corrected chi connectivity index (χ1v) is 14.6. The summed E-state index contributed by atoms with van der Waals surface area (Å²) in [4.78, 5) is 27.9. The van der Waals surface area contributed by atoms with Crippen molar-refractivity contribution >= 4 is 50.7 Å². The van der Waals surface area contributed by atoms with E-state index in [1.54, 1.807) is 24.3 Å². The van der Waals surface area contributed by atoms with E-state index in [4.69, 9.17) is 23.2 Å². The molecule has 0 aromatic heterocycles. The van der Waals surface area contributed by atoms with Gasteiger partial charge >= 0.3 is 0 Å². The number of carbonyl (C=O) groups is 2. The lowest BCUT2D eigenvalue weighted by atomic mass is 10.1. The Kier molecular flexibility index (Phi) is 10.7. The number of hydrogen-bond donors (Lipinski definition) is 1. The molecule has 1 atom stereocenters. The van der Waals surface area contributed by atoms with Gasteiger partial charge in [-0.25, -0.2) is 12.8 Å². The molecule has 2 amide bonds. The van der Waals surface area contributed by atoms with Crippen LogP contribution >= 0.6 is 23.2 Å². The number of nitrogens with one attached hydrogen (secondary N) is 1. The molecule has 3 aromatic carbocycles.